The zero-order valence-corrected chi connectivity index (χ0v) is 18.0. The molecule has 2 atom stereocenters. The molecule has 0 saturated carbocycles. The minimum absolute atomic E-state index is 0.0513. The molecule has 2 aliphatic rings. The number of alkyl halides is 2. The molecule has 1 saturated heterocycles. The zero-order valence-electron chi connectivity index (χ0n) is 14.9. The number of hydrogen-bond donors (Lipinski definition) is 0. The molecule has 2 aliphatic heterocycles. The molecule has 0 unspecified atom stereocenters. The molecule has 0 aromatic carbocycles. The minimum Gasteiger partial charge on any atom is -0.455 e. The maximum absolute atomic E-state index is 12.6. The van der Waals surface area contributed by atoms with Crippen LogP contribution in [0.3, 0.4) is 0 Å². The average Bonchev–Trinajstić information content (AvgIpc) is 2.54. The number of carbonyl (C=O) groups is 3. The topological polar surface area (TPSA) is 116 Å². The van der Waals surface area contributed by atoms with Gasteiger partial charge in [-0.25, -0.2) is 18.0 Å². The number of rotatable bonds is 5. The molecule has 0 spiro atoms. The summed E-state index contributed by atoms with van der Waals surface area (Å²) >= 11 is 8.91. The van der Waals surface area contributed by atoms with E-state index in [-0.39, 0.29) is 17.9 Å². The molecule has 12 heteroatoms. The molecule has 0 bridgehead atoms. The van der Waals surface area contributed by atoms with Crippen molar-refractivity contribution in [1.29, 1.82) is 0 Å². The van der Waals surface area contributed by atoms with Gasteiger partial charge >= 0.3 is 12.1 Å². The van der Waals surface area contributed by atoms with E-state index in [0.717, 1.165) is 4.90 Å². The highest BCUT2D eigenvalue weighted by Crippen LogP contribution is 2.40. The molecule has 2 heterocycles. The molecule has 9 nitrogen and oxygen atoms in total. The number of β-lactam (4-membered cyclic amide) rings is 1. The monoisotopic (exact) mass is 487 g/mol. The number of hydrogen-bond acceptors (Lipinski definition) is 8. The summed E-state index contributed by atoms with van der Waals surface area (Å²) in [5, 5.41) is -2.24. The van der Waals surface area contributed by atoms with Crippen LogP contribution in [0, 0.1) is 0 Å². The SMILES string of the molecule is CC(C)(C)OC(=O)C1=C(COC(=O)OCCBr)CS(=O)(=O)[C@@H]2[C@@H](Cl)C(=O)N12. The molecule has 0 radical (unpaired) electrons. The number of ether oxygens (including phenoxy) is 3. The third-order valence-corrected chi connectivity index (χ3v) is 6.42. The smallest absolute Gasteiger partial charge is 0.455 e. The summed E-state index contributed by atoms with van der Waals surface area (Å²) in [6.07, 6.45) is -1.03. The summed E-state index contributed by atoms with van der Waals surface area (Å²) in [4.78, 5) is 37.1. The quantitative estimate of drug-likeness (QED) is 0.323. The van der Waals surface area contributed by atoms with Crippen molar-refractivity contribution in [3.8, 4) is 0 Å². The Morgan fingerprint density at radius 2 is 1.93 bits per heavy atom. The molecular weight excluding hydrogens is 470 g/mol. The van der Waals surface area contributed by atoms with Gasteiger partial charge < -0.3 is 14.2 Å². The lowest BCUT2D eigenvalue weighted by Crippen LogP contribution is -2.68. The largest absolute Gasteiger partial charge is 0.508 e. The fraction of sp³-hybridized carbons (Fsp3) is 0.667. The van der Waals surface area contributed by atoms with Gasteiger partial charge in [0.15, 0.2) is 15.2 Å². The van der Waals surface area contributed by atoms with Crippen LogP contribution >= 0.6 is 27.5 Å². The van der Waals surface area contributed by atoms with Crippen molar-refractivity contribution < 1.29 is 37.0 Å². The number of fused-ring (bicyclic) bond motifs is 1. The van der Waals surface area contributed by atoms with Crippen molar-refractivity contribution in [2.24, 2.45) is 0 Å². The Kier molecular flexibility index (Phi) is 6.48. The standard InChI is InChI=1S/C15H19BrClNO8S/c1-15(2,3)26-13(20)10-8(6-25-14(21)24-5-4-16)7-27(22,23)12-9(17)11(19)18(10)12/h9,12H,4-7H2,1-3H3/t9-,12+/m0/s1. The van der Waals surface area contributed by atoms with Gasteiger partial charge in [0, 0.05) is 10.9 Å². The molecule has 2 rings (SSSR count). The number of nitrogens with zero attached hydrogens (tertiary/aromatic N) is 1. The second kappa shape index (κ2) is 7.96. The highest BCUT2D eigenvalue weighted by atomic mass is 79.9. The molecule has 152 valence electrons. The normalized spacial score (nSPS) is 24.0. The van der Waals surface area contributed by atoms with Crippen LogP contribution in [0.15, 0.2) is 11.3 Å². The summed E-state index contributed by atoms with van der Waals surface area (Å²) in [7, 11) is -3.86. The van der Waals surface area contributed by atoms with Crippen molar-refractivity contribution in [2.45, 2.75) is 37.1 Å². The average molecular weight is 489 g/mol. The second-order valence-corrected chi connectivity index (χ2v) is 10.2. The van der Waals surface area contributed by atoms with Gasteiger partial charge in [0.2, 0.25) is 5.91 Å². The lowest BCUT2D eigenvalue weighted by Gasteiger charge is -2.47. The number of carbonyl (C=O) groups excluding carboxylic acids is 3. The summed E-state index contributed by atoms with van der Waals surface area (Å²) in [5.41, 5.74) is -1.22. The number of amides is 1. The van der Waals surface area contributed by atoms with E-state index in [0.29, 0.717) is 5.33 Å². The van der Waals surface area contributed by atoms with Gasteiger partial charge in [-0.2, -0.15) is 0 Å². The van der Waals surface area contributed by atoms with E-state index in [2.05, 4.69) is 15.9 Å². The summed E-state index contributed by atoms with van der Waals surface area (Å²) in [6.45, 7) is 4.38. The molecular formula is C15H19BrClNO8S. The summed E-state index contributed by atoms with van der Waals surface area (Å²) in [6, 6.07) is 0. The number of sulfone groups is 1. The first-order chi connectivity index (χ1) is 12.4. The Morgan fingerprint density at radius 1 is 1.30 bits per heavy atom. The third kappa shape index (κ3) is 4.75. The maximum Gasteiger partial charge on any atom is 0.508 e. The fourth-order valence-electron chi connectivity index (χ4n) is 2.56. The van der Waals surface area contributed by atoms with Crippen LogP contribution in [0.1, 0.15) is 20.8 Å². The third-order valence-electron chi connectivity index (χ3n) is 3.55. The van der Waals surface area contributed by atoms with Gasteiger partial charge in [0.1, 0.15) is 29.9 Å². The minimum atomic E-state index is -3.86. The molecule has 27 heavy (non-hydrogen) atoms. The van der Waals surface area contributed by atoms with E-state index >= 15 is 0 Å². The van der Waals surface area contributed by atoms with E-state index < -0.39 is 56.6 Å². The summed E-state index contributed by atoms with van der Waals surface area (Å²) < 4.78 is 39.7. The van der Waals surface area contributed by atoms with Crippen LogP contribution < -0.4 is 0 Å². The fourth-order valence-corrected chi connectivity index (χ4v) is 5.30. The first kappa shape index (κ1) is 22.0. The van der Waals surface area contributed by atoms with E-state index in [1.165, 1.54) is 0 Å². The maximum atomic E-state index is 12.6. The van der Waals surface area contributed by atoms with Crippen LogP contribution in [0.25, 0.3) is 0 Å². The highest BCUT2D eigenvalue weighted by molar-refractivity contribution is 9.09. The van der Waals surface area contributed by atoms with E-state index in [1.54, 1.807) is 20.8 Å². The van der Waals surface area contributed by atoms with Crippen LogP contribution in [0.2, 0.25) is 0 Å². The van der Waals surface area contributed by atoms with Crippen LogP contribution in [0.5, 0.6) is 0 Å². The van der Waals surface area contributed by atoms with Gasteiger partial charge in [-0.3, -0.25) is 9.69 Å². The van der Waals surface area contributed by atoms with Gasteiger partial charge in [0.05, 0.1) is 5.75 Å². The molecule has 1 fully saturated rings. The number of halogens is 2. The Labute approximate surface area is 170 Å². The molecule has 0 N–H and O–H groups in total. The molecule has 0 aromatic rings. The van der Waals surface area contributed by atoms with E-state index in [1.807, 2.05) is 0 Å². The van der Waals surface area contributed by atoms with Gasteiger partial charge in [-0.1, -0.05) is 15.9 Å². The zero-order chi connectivity index (χ0) is 20.6. The molecule has 0 aliphatic carbocycles. The molecule has 1 amide bonds. The molecule has 0 aromatic heterocycles. The lowest BCUT2D eigenvalue weighted by atomic mass is 10.1. The van der Waals surface area contributed by atoms with Crippen LogP contribution in [-0.2, 0) is 33.6 Å². The van der Waals surface area contributed by atoms with Crippen molar-refractivity contribution in [2.75, 3.05) is 24.3 Å². The highest BCUT2D eigenvalue weighted by Gasteiger charge is 2.59. The van der Waals surface area contributed by atoms with E-state index in [9.17, 15) is 22.8 Å². The van der Waals surface area contributed by atoms with Crippen LogP contribution in [-0.4, -0.2) is 72.0 Å². The van der Waals surface area contributed by atoms with E-state index in [4.69, 9.17) is 25.8 Å². The lowest BCUT2D eigenvalue weighted by molar-refractivity contribution is -0.157. The Balaban J connectivity index is 2.36. The van der Waals surface area contributed by atoms with Crippen molar-refractivity contribution in [3.05, 3.63) is 11.3 Å². The van der Waals surface area contributed by atoms with Crippen molar-refractivity contribution >= 4 is 55.4 Å². The Hall–Kier alpha value is -1.33. The predicted octanol–water partition coefficient (Wildman–Crippen LogP) is 1.33. The van der Waals surface area contributed by atoms with Crippen LogP contribution in [0.4, 0.5) is 4.79 Å². The first-order valence-electron chi connectivity index (χ1n) is 7.88. The number of esters is 1. The van der Waals surface area contributed by atoms with Crippen molar-refractivity contribution in [3.63, 3.8) is 0 Å². The van der Waals surface area contributed by atoms with Gasteiger partial charge in [0.25, 0.3) is 0 Å². The predicted molar refractivity (Wildman–Crippen MR) is 98.0 cm³/mol. The second-order valence-electron chi connectivity index (χ2n) is 6.84. The first-order valence-corrected chi connectivity index (χ1v) is 11.2. The Bertz CT molecular complexity index is 788. The summed E-state index contributed by atoms with van der Waals surface area (Å²) in [5.74, 6) is -2.22. The Morgan fingerprint density at radius 3 is 2.48 bits per heavy atom. The van der Waals surface area contributed by atoms with Crippen molar-refractivity contribution in [1.82, 2.24) is 4.90 Å². The van der Waals surface area contributed by atoms with Gasteiger partial charge in [-0.05, 0) is 20.8 Å². The van der Waals surface area contributed by atoms with Gasteiger partial charge in [-0.15, -0.1) is 11.6 Å².